The molecule has 6 nitrogen and oxygen atoms in total. The van der Waals surface area contributed by atoms with Crippen LogP contribution in [0.2, 0.25) is 0 Å². The van der Waals surface area contributed by atoms with Crippen molar-refractivity contribution >= 4 is 35.7 Å². The van der Waals surface area contributed by atoms with E-state index in [0.717, 1.165) is 17.7 Å². The van der Waals surface area contributed by atoms with Crippen molar-refractivity contribution in [3.05, 3.63) is 53.6 Å². The predicted molar refractivity (Wildman–Crippen MR) is 90.9 cm³/mol. The number of carbonyl (C=O) groups is 2. The molecule has 6 heteroatoms. The van der Waals surface area contributed by atoms with Crippen LogP contribution in [-0.2, 0) is 4.74 Å². The minimum Gasteiger partial charge on any atom is -0.465 e. The van der Waals surface area contributed by atoms with Crippen LogP contribution in [0.25, 0.3) is 0 Å². The molecule has 2 N–H and O–H groups in total. The van der Waals surface area contributed by atoms with Crippen LogP contribution in [0.4, 0.5) is 17.1 Å². The average Bonchev–Trinajstić information content (AvgIpc) is 2.61. The Kier molecular flexibility index (Phi) is 5.46. The van der Waals surface area contributed by atoms with Crippen molar-refractivity contribution in [3.63, 3.8) is 0 Å². The standard InChI is InChI=1S/C17H17N3O3/c1-18-16-9-12(10-21)3-8-15(16)20-11-19-14-6-4-13(5-7-14)17(22)23-2/h3-11,18H,1-2H3,(H,19,20). The summed E-state index contributed by atoms with van der Waals surface area (Å²) in [6.07, 6.45) is 2.33. The fraction of sp³-hybridized carbons (Fsp3) is 0.118. The fourth-order valence-electron chi connectivity index (χ4n) is 1.94. The Labute approximate surface area is 134 Å². The van der Waals surface area contributed by atoms with Gasteiger partial charge in [-0.25, -0.2) is 9.79 Å². The highest BCUT2D eigenvalue weighted by Gasteiger charge is 2.04. The summed E-state index contributed by atoms with van der Waals surface area (Å²) < 4.78 is 4.64. The van der Waals surface area contributed by atoms with E-state index in [0.29, 0.717) is 16.8 Å². The number of nitrogens with one attached hydrogen (secondary N) is 2. The first-order chi connectivity index (χ1) is 11.2. The molecule has 0 aliphatic carbocycles. The van der Waals surface area contributed by atoms with Gasteiger partial charge in [0, 0.05) is 18.3 Å². The fourth-order valence-corrected chi connectivity index (χ4v) is 1.94. The van der Waals surface area contributed by atoms with E-state index in [2.05, 4.69) is 20.4 Å². The van der Waals surface area contributed by atoms with Gasteiger partial charge in [-0.1, -0.05) is 0 Å². The molecule has 0 atom stereocenters. The maximum absolute atomic E-state index is 11.3. The number of anilines is 2. The molecule has 118 valence electrons. The van der Waals surface area contributed by atoms with Gasteiger partial charge in [0.1, 0.15) is 6.29 Å². The summed E-state index contributed by atoms with van der Waals surface area (Å²) in [7, 11) is 3.11. The molecule has 2 aromatic carbocycles. The van der Waals surface area contributed by atoms with E-state index < -0.39 is 0 Å². The molecule has 0 bridgehead atoms. The topological polar surface area (TPSA) is 79.8 Å². The van der Waals surface area contributed by atoms with Crippen LogP contribution < -0.4 is 10.6 Å². The van der Waals surface area contributed by atoms with Crippen molar-refractivity contribution in [1.82, 2.24) is 0 Å². The molecule has 0 aromatic heterocycles. The molecule has 0 heterocycles. The Morgan fingerprint density at radius 1 is 1.17 bits per heavy atom. The zero-order valence-corrected chi connectivity index (χ0v) is 12.9. The first kappa shape index (κ1) is 16.2. The van der Waals surface area contributed by atoms with Crippen LogP contribution in [0.5, 0.6) is 0 Å². The van der Waals surface area contributed by atoms with Crippen LogP contribution in [0, 0.1) is 0 Å². The van der Waals surface area contributed by atoms with E-state index in [1.165, 1.54) is 7.11 Å². The van der Waals surface area contributed by atoms with Crippen LogP contribution in [0.1, 0.15) is 20.7 Å². The second-order valence-corrected chi connectivity index (χ2v) is 4.62. The lowest BCUT2D eigenvalue weighted by Crippen LogP contribution is -2.01. The van der Waals surface area contributed by atoms with Gasteiger partial charge in [0.25, 0.3) is 0 Å². The summed E-state index contributed by atoms with van der Waals surface area (Å²) in [5.74, 6) is -0.376. The quantitative estimate of drug-likeness (QED) is 0.371. The number of hydrogen-bond donors (Lipinski definition) is 2. The first-order valence-corrected chi connectivity index (χ1v) is 6.92. The largest absolute Gasteiger partial charge is 0.465 e. The van der Waals surface area contributed by atoms with Gasteiger partial charge >= 0.3 is 5.97 Å². The molecule has 0 aliphatic heterocycles. The normalized spacial score (nSPS) is 10.3. The summed E-state index contributed by atoms with van der Waals surface area (Å²) in [6, 6.07) is 12.0. The van der Waals surface area contributed by atoms with Crippen molar-refractivity contribution in [1.29, 1.82) is 0 Å². The van der Waals surface area contributed by atoms with Gasteiger partial charge in [0.15, 0.2) is 0 Å². The maximum Gasteiger partial charge on any atom is 0.337 e. The zero-order chi connectivity index (χ0) is 16.7. The Bertz CT molecular complexity index is 724. The Hall–Kier alpha value is -3.15. The van der Waals surface area contributed by atoms with E-state index in [1.807, 2.05) is 0 Å². The lowest BCUT2D eigenvalue weighted by Gasteiger charge is -2.06. The summed E-state index contributed by atoms with van der Waals surface area (Å²) in [5.41, 5.74) is 3.32. The van der Waals surface area contributed by atoms with Crippen LogP contribution in [-0.4, -0.2) is 32.8 Å². The molecule has 23 heavy (non-hydrogen) atoms. The van der Waals surface area contributed by atoms with E-state index in [9.17, 15) is 9.59 Å². The minimum atomic E-state index is -0.376. The molecular weight excluding hydrogens is 294 g/mol. The van der Waals surface area contributed by atoms with Crippen LogP contribution in [0.15, 0.2) is 47.5 Å². The number of ether oxygens (including phenoxy) is 1. The van der Waals surface area contributed by atoms with E-state index in [4.69, 9.17) is 0 Å². The summed E-state index contributed by atoms with van der Waals surface area (Å²) in [5, 5.41) is 6.01. The van der Waals surface area contributed by atoms with Gasteiger partial charge in [0.05, 0.1) is 30.4 Å². The molecule has 0 fully saturated rings. The zero-order valence-electron chi connectivity index (χ0n) is 12.9. The highest BCUT2D eigenvalue weighted by molar-refractivity contribution is 5.90. The highest BCUT2D eigenvalue weighted by Crippen LogP contribution is 2.24. The lowest BCUT2D eigenvalue weighted by atomic mass is 10.2. The number of methoxy groups -OCH3 is 1. The molecule has 0 radical (unpaired) electrons. The maximum atomic E-state index is 11.3. The number of benzene rings is 2. The van der Waals surface area contributed by atoms with Gasteiger partial charge in [-0.15, -0.1) is 0 Å². The van der Waals surface area contributed by atoms with Gasteiger partial charge in [-0.3, -0.25) is 4.79 Å². The number of nitrogens with zero attached hydrogens (tertiary/aromatic N) is 1. The summed E-state index contributed by atoms with van der Waals surface area (Å²) >= 11 is 0. The smallest absolute Gasteiger partial charge is 0.337 e. The van der Waals surface area contributed by atoms with E-state index in [1.54, 1.807) is 55.9 Å². The van der Waals surface area contributed by atoms with Crippen molar-refractivity contribution in [3.8, 4) is 0 Å². The SMILES string of the molecule is CNc1cc(C=O)ccc1N=CNc1ccc(C(=O)OC)cc1. The average molecular weight is 311 g/mol. The van der Waals surface area contributed by atoms with Crippen LogP contribution >= 0.6 is 0 Å². The van der Waals surface area contributed by atoms with Crippen molar-refractivity contribution in [2.75, 3.05) is 24.8 Å². The summed E-state index contributed by atoms with van der Waals surface area (Å²) in [4.78, 5) is 26.4. The molecule has 0 saturated carbocycles. The predicted octanol–water partition coefficient (Wildman–Crippen LogP) is 3.10. The number of aliphatic imine (C=N–C) groups is 1. The Morgan fingerprint density at radius 3 is 2.52 bits per heavy atom. The van der Waals surface area contributed by atoms with Gasteiger partial charge < -0.3 is 15.4 Å². The number of rotatable bonds is 6. The number of hydrogen-bond acceptors (Lipinski definition) is 5. The summed E-state index contributed by atoms with van der Waals surface area (Å²) in [6.45, 7) is 0. The molecule has 2 rings (SSSR count). The van der Waals surface area contributed by atoms with Crippen molar-refractivity contribution < 1.29 is 14.3 Å². The molecule has 0 unspecified atom stereocenters. The van der Waals surface area contributed by atoms with Gasteiger partial charge in [-0.05, 0) is 42.5 Å². The number of esters is 1. The van der Waals surface area contributed by atoms with Gasteiger partial charge in [-0.2, -0.15) is 0 Å². The van der Waals surface area contributed by atoms with E-state index >= 15 is 0 Å². The second kappa shape index (κ2) is 7.74. The second-order valence-electron chi connectivity index (χ2n) is 4.62. The van der Waals surface area contributed by atoms with Crippen molar-refractivity contribution in [2.45, 2.75) is 0 Å². The Balaban J connectivity index is 2.07. The molecule has 0 aliphatic rings. The lowest BCUT2D eigenvalue weighted by molar-refractivity contribution is 0.0600. The third kappa shape index (κ3) is 4.16. The first-order valence-electron chi connectivity index (χ1n) is 6.92. The van der Waals surface area contributed by atoms with Crippen molar-refractivity contribution in [2.24, 2.45) is 4.99 Å². The minimum absolute atomic E-state index is 0.376. The third-order valence-electron chi connectivity index (χ3n) is 3.17. The highest BCUT2D eigenvalue weighted by atomic mass is 16.5. The monoisotopic (exact) mass is 311 g/mol. The Morgan fingerprint density at radius 2 is 1.91 bits per heavy atom. The van der Waals surface area contributed by atoms with Crippen LogP contribution in [0.3, 0.4) is 0 Å². The molecule has 2 aromatic rings. The molecule has 0 saturated heterocycles. The molecular formula is C17H17N3O3. The van der Waals surface area contributed by atoms with E-state index in [-0.39, 0.29) is 5.97 Å². The third-order valence-corrected chi connectivity index (χ3v) is 3.17. The van der Waals surface area contributed by atoms with Gasteiger partial charge in [0.2, 0.25) is 0 Å². The molecule has 0 amide bonds. The number of carbonyl (C=O) groups excluding carboxylic acids is 2. The number of aldehydes is 1. The molecule has 0 spiro atoms.